The second kappa shape index (κ2) is 8.29. The summed E-state index contributed by atoms with van der Waals surface area (Å²) in [5, 5.41) is 6.32. The molecule has 3 nitrogen and oxygen atoms in total. The normalized spacial score (nSPS) is 11.5. The molecule has 1 amide bonds. The van der Waals surface area contributed by atoms with Crippen molar-refractivity contribution in [2.45, 2.75) is 25.8 Å². The summed E-state index contributed by atoms with van der Waals surface area (Å²) in [5.41, 5.74) is 2.13. The van der Waals surface area contributed by atoms with Crippen LogP contribution in [0.15, 0.2) is 60.7 Å². The molecule has 0 saturated heterocycles. The van der Waals surface area contributed by atoms with Crippen LogP contribution < -0.4 is 10.6 Å². The highest BCUT2D eigenvalue weighted by Crippen LogP contribution is 2.15. The zero-order chi connectivity index (χ0) is 15.8. The van der Waals surface area contributed by atoms with Gasteiger partial charge in [-0.2, -0.15) is 0 Å². The van der Waals surface area contributed by atoms with Crippen LogP contribution >= 0.6 is 12.2 Å². The Kier molecular flexibility index (Phi) is 6.10. The first-order chi connectivity index (χ1) is 10.7. The average molecular weight is 312 g/mol. The van der Waals surface area contributed by atoms with Gasteiger partial charge < -0.3 is 10.6 Å². The number of carbonyl (C=O) groups excluding carboxylic acids is 1. The number of nitrogens with one attached hydrogen (secondary N) is 2. The van der Waals surface area contributed by atoms with Crippen LogP contribution in [0.2, 0.25) is 0 Å². The number of carbonyl (C=O) groups is 1. The Morgan fingerprint density at radius 1 is 1.05 bits per heavy atom. The maximum Gasteiger partial charge on any atom is 0.230 e. The molecule has 0 radical (unpaired) electrons. The predicted molar refractivity (Wildman–Crippen MR) is 93.5 cm³/mol. The molecule has 0 aromatic heterocycles. The molecule has 22 heavy (non-hydrogen) atoms. The molecule has 2 rings (SSSR count). The number of benzene rings is 2. The summed E-state index contributed by atoms with van der Waals surface area (Å²) in [6, 6.07) is 19.8. The van der Waals surface area contributed by atoms with E-state index in [4.69, 9.17) is 12.2 Å². The van der Waals surface area contributed by atoms with Gasteiger partial charge in [0.2, 0.25) is 5.91 Å². The lowest BCUT2D eigenvalue weighted by Crippen LogP contribution is -2.41. The average Bonchev–Trinajstić information content (AvgIpc) is 2.54. The highest BCUT2D eigenvalue weighted by Gasteiger charge is 2.12. The Balaban J connectivity index is 1.87. The monoisotopic (exact) mass is 312 g/mol. The van der Waals surface area contributed by atoms with Crippen LogP contribution in [0.4, 0.5) is 0 Å². The van der Waals surface area contributed by atoms with Crippen molar-refractivity contribution in [1.29, 1.82) is 0 Å². The van der Waals surface area contributed by atoms with E-state index >= 15 is 0 Å². The molecule has 0 bridgehead atoms. The van der Waals surface area contributed by atoms with Gasteiger partial charge in [0.25, 0.3) is 0 Å². The SMILES string of the molecule is CCC(NC(=S)NC(=O)Cc1ccccc1)c1ccccc1. The fourth-order valence-corrected chi connectivity index (χ4v) is 2.51. The van der Waals surface area contributed by atoms with Gasteiger partial charge in [0.05, 0.1) is 12.5 Å². The summed E-state index contributed by atoms with van der Waals surface area (Å²) >= 11 is 5.25. The van der Waals surface area contributed by atoms with Crippen molar-refractivity contribution < 1.29 is 4.79 Å². The Bertz CT molecular complexity index is 613. The molecule has 0 aliphatic carbocycles. The van der Waals surface area contributed by atoms with Crippen LogP contribution in [0.1, 0.15) is 30.5 Å². The van der Waals surface area contributed by atoms with Gasteiger partial charge in [-0.3, -0.25) is 4.79 Å². The Morgan fingerprint density at radius 3 is 2.23 bits per heavy atom. The van der Waals surface area contributed by atoms with Crippen LogP contribution in [0.3, 0.4) is 0 Å². The molecule has 2 aromatic carbocycles. The van der Waals surface area contributed by atoms with E-state index in [-0.39, 0.29) is 11.9 Å². The predicted octanol–water partition coefficient (Wildman–Crippen LogP) is 3.37. The molecule has 1 unspecified atom stereocenters. The van der Waals surface area contributed by atoms with Crippen molar-refractivity contribution in [3.8, 4) is 0 Å². The maximum absolute atomic E-state index is 12.0. The number of amides is 1. The third kappa shape index (κ3) is 4.97. The molecule has 0 spiro atoms. The fourth-order valence-electron chi connectivity index (χ4n) is 2.25. The Labute approximate surface area is 136 Å². The van der Waals surface area contributed by atoms with E-state index in [1.54, 1.807) is 0 Å². The first-order valence-electron chi connectivity index (χ1n) is 7.38. The van der Waals surface area contributed by atoms with E-state index < -0.39 is 0 Å². The van der Waals surface area contributed by atoms with Gasteiger partial charge in [0.15, 0.2) is 5.11 Å². The summed E-state index contributed by atoms with van der Waals surface area (Å²) in [7, 11) is 0. The molecule has 0 saturated carbocycles. The standard InChI is InChI=1S/C18H20N2OS/c1-2-16(15-11-7-4-8-12-15)19-18(22)20-17(21)13-14-9-5-3-6-10-14/h3-12,16H,2,13H2,1H3,(H2,19,20,21,22). The van der Waals surface area contributed by atoms with Crippen LogP contribution in [-0.2, 0) is 11.2 Å². The number of rotatable bonds is 5. The van der Waals surface area contributed by atoms with Crippen molar-refractivity contribution in [3.63, 3.8) is 0 Å². The molecule has 0 aliphatic heterocycles. The Hall–Kier alpha value is -2.20. The van der Waals surface area contributed by atoms with Gasteiger partial charge >= 0.3 is 0 Å². The maximum atomic E-state index is 12.0. The second-order valence-corrected chi connectivity index (χ2v) is 5.46. The molecule has 0 aliphatic rings. The first kappa shape index (κ1) is 16.2. The minimum atomic E-state index is -0.105. The van der Waals surface area contributed by atoms with Crippen LogP contribution in [0, 0.1) is 0 Å². The molecular formula is C18H20N2OS. The van der Waals surface area contributed by atoms with Crippen LogP contribution in [-0.4, -0.2) is 11.0 Å². The van der Waals surface area contributed by atoms with E-state index in [1.165, 1.54) is 0 Å². The highest BCUT2D eigenvalue weighted by molar-refractivity contribution is 7.80. The summed E-state index contributed by atoms with van der Waals surface area (Å²) < 4.78 is 0. The van der Waals surface area contributed by atoms with Crippen LogP contribution in [0.5, 0.6) is 0 Å². The van der Waals surface area contributed by atoms with E-state index in [0.29, 0.717) is 11.5 Å². The lowest BCUT2D eigenvalue weighted by atomic mass is 10.1. The van der Waals surface area contributed by atoms with Gasteiger partial charge in [0, 0.05) is 0 Å². The van der Waals surface area contributed by atoms with Crippen molar-refractivity contribution >= 4 is 23.2 Å². The van der Waals surface area contributed by atoms with Gasteiger partial charge in [-0.25, -0.2) is 0 Å². The first-order valence-corrected chi connectivity index (χ1v) is 7.79. The zero-order valence-electron chi connectivity index (χ0n) is 12.6. The largest absolute Gasteiger partial charge is 0.356 e. The van der Waals surface area contributed by atoms with Crippen molar-refractivity contribution in [1.82, 2.24) is 10.6 Å². The summed E-state index contributed by atoms with van der Waals surface area (Å²) in [4.78, 5) is 12.0. The lowest BCUT2D eigenvalue weighted by Gasteiger charge is -2.19. The molecule has 0 fully saturated rings. The minimum Gasteiger partial charge on any atom is -0.356 e. The third-order valence-electron chi connectivity index (χ3n) is 3.38. The topological polar surface area (TPSA) is 41.1 Å². The van der Waals surface area contributed by atoms with Crippen molar-refractivity contribution in [2.24, 2.45) is 0 Å². The van der Waals surface area contributed by atoms with Gasteiger partial charge in [0.1, 0.15) is 0 Å². The summed E-state index contributed by atoms with van der Waals surface area (Å²) in [6.07, 6.45) is 1.21. The van der Waals surface area contributed by atoms with E-state index in [9.17, 15) is 4.79 Å². The molecule has 2 aromatic rings. The molecule has 2 N–H and O–H groups in total. The van der Waals surface area contributed by atoms with Crippen molar-refractivity contribution in [2.75, 3.05) is 0 Å². The molecule has 114 valence electrons. The number of hydrogen-bond donors (Lipinski definition) is 2. The van der Waals surface area contributed by atoms with Crippen molar-refractivity contribution in [3.05, 3.63) is 71.8 Å². The van der Waals surface area contributed by atoms with E-state index in [0.717, 1.165) is 17.5 Å². The van der Waals surface area contributed by atoms with Crippen LogP contribution in [0.25, 0.3) is 0 Å². The molecule has 1 atom stereocenters. The lowest BCUT2D eigenvalue weighted by molar-refractivity contribution is -0.119. The number of thiocarbonyl (C=S) groups is 1. The van der Waals surface area contributed by atoms with Gasteiger partial charge in [-0.05, 0) is 29.8 Å². The highest BCUT2D eigenvalue weighted by atomic mass is 32.1. The smallest absolute Gasteiger partial charge is 0.230 e. The molecule has 4 heteroatoms. The van der Waals surface area contributed by atoms with E-state index in [1.807, 2.05) is 48.5 Å². The van der Waals surface area contributed by atoms with E-state index in [2.05, 4.69) is 29.7 Å². The quantitative estimate of drug-likeness (QED) is 0.832. The third-order valence-corrected chi connectivity index (χ3v) is 3.60. The van der Waals surface area contributed by atoms with Gasteiger partial charge in [-0.15, -0.1) is 0 Å². The number of hydrogen-bond acceptors (Lipinski definition) is 2. The fraction of sp³-hybridized carbons (Fsp3) is 0.222. The molecule has 0 heterocycles. The van der Waals surface area contributed by atoms with Gasteiger partial charge in [-0.1, -0.05) is 67.6 Å². The minimum absolute atomic E-state index is 0.103. The zero-order valence-corrected chi connectivity index (χ0v) is 13.4. The Morgan fingerprint density at radius 2 is 1.64 bits per heavy atom. The second-order valence-electron chi connectivity index (χ2n) is 5.06. The summed E-state index contributed by atoms with van der Waals surface area (Å²) in [5.74, 6) is -0.105. The summed E-state index contributed by atoms with van der Waals surface area (Å²) in [6.45, 7) is 2.08. The molecular weight excluding hydrogens is 292 g/mol.